The number of rotatable bonds is 7. The molecule has 1 aliphatic rings. The fourth-order valence-electron chi connectivity index (χ4n) is 4.16. The van der Waals surface area contributed by atoms with E-state index in [1.807, 2.05) is 71.3 Å². The lowest BCUT2D eigenvalue weighted by atomic mass is 9.85. The first-order valence-corrected chi connectivity index (χ1v) is 12.4. The summed E-state index contributed by atoms with van der Waals surface area (Å²) < 4.78 is 0. The number of aromatic nitrogens is 1. The largest absolute Gasteiger partial charge is 0.391 e. The van der Waals surface area contributed by atoms with Crippen molar-refractivity contribution in [3.63, 3.8) is 0 Å². The zero-order valence-corrected chi connectivity index (χ0v) is 21.2. The number of carbonyl (C=O) groups excluding carboxylic acids is 2. The van der Waals surface area contributed by atoms with E-state index in [2.05, 4.69) is 15.6 Å². The summed E-state index contributed by atoms with van der Waals surface area (Å²) in [4.78, 5) is 33.4. The number of aliphatic hydroxyl groups is 1. The van der Waals surface area contributed by atoms with Crippen LogP contribution in [0.5, 0.6) is 0 Å². The minimum atomic E-state index is -0.703. The number of likely N-dealkylation sites (tertiary alicyclic amines) is 1. The van der Waals surface area contributed by atoms with E-state index in [9.17, 15) is 14.7 Å². The van der Waals surface area contributed by atoms with Crippen LogP contribution in [0.2, 0.25) is 0 Å². The van der Waals surface area contributed by atoms with Crippen molar-refractivity contribution in [3.8, 4) is 10.4 Å². The van der Waals surface area contributed by atoms with Gasteiger partial charge in [-0.15, -0.1) is 11.3 Å². The Labute approximate surface area is 200 Å². The van der Waals surface area contributed by atoms with Gasteiger partial charge in [-0.2, -0.15) is 0 Å². The Kier molecular flexibility index (Phi) is 7.92. The van der Waals surface area contributed by atoms with E-state index in [0.717, 1.165) is 21.7 Å². The van der Waals surface area contributed by atoms with Crippen LogP contribution in [0.3, 0.4) is 0 Å². The van der Waals surface area contributed by atoms with E-state index >= 15 is 0 Å². The molecule has 1 aliphatic heterocycles. The van der Waals surface area contributed by atoms with Crippen LogP contribution in [0.15, 0.2) is 29.8 Å². The lowest BCUT2D eigenvalue weighted by molar-refractivity contribution is -0.142. The Morgan fingerprint density at radius 2 is 1.91 bits per heavy atom. The van der Waals surface area contributed by atoms with Gasteiger partial charge in [0.2, 0.25) is 11.8 Å². The second kappa shape index (κ2) is 10.3. The highest BCUT2D eigenvalue weighted by molar-refractivity contribution is 7.13. The minimum absolute atomic E-state index is 0.120. The van der Waals surface area contributed by atoms with E-state index in [0.29, 0.717) is 6.54 Å². The van der Waals surface area contributed by atoms with Gasteiger partial charge in [-0.05, 0) is 23.5 Å². The standard InChI is InChI=1S/C25H36N4O3S/c1-15(2)28-22(25(4,5)6)24(32)29-13-19(30)11-20(29)23(31)26-12-17-7-9-18(10-8-17)21-16(3)27-14-33-21/h7-10,14-15,19-20,22,28,30H,11-13H2,1-6H3,(H,26,31)/t19-,20+,22+/m0/s1. The van der Waals surface area contributed by atoms with Gasteiger partial charge in [0.05, 0.1) is 28.2 Å². The fourth-order valence-corrected chi connectivity index (χ4v) is 4.97. The molecule has 0 saturated carbocycles. The van der Waals surface area contributed by atoms with E-state index in [4.69, 9.17) is 0 Å². The van der Waals surface area contributed by atoms with Crippen LogP contribution in [0.25, 0.3) is 10.4 Å². The summed E-state index contributed by atoms with van der Waals surface area (Å²) in [7, 11) is 0. The molecule has 3 rings (SSSR count). The van der Waals surface area contributed by atoms with E-state index in [-0.39, 0.29) is 36.2 Å². The molecule has 2 heterocycles. The van der Waals surface area contributed by atoms with Crippen molar-refractivity contribution in [3.05, 3.63) is 41.0 Å². The van der Waals surface area contributed by atoms with Crippen molar-refractivity contribution < 1.29 is 14.7 Å². The van der Waals surface area contributed by atoms with Gasteiger partial charge in [0.25, 0.3) is 0 Å². The molecule has 1 saturated heterocycles. The van der Waals surface area contributed by atoms with Crippen molar-refractivity contribution in [2.45, 2.75) is 78.7 Å². The molecule has 1 aromatic heterocycles. The number of β-amino-alcohol motifs (C(OH)–C–C–N with tert-alkyl or cyclic N) is 1. The van der Waals surface area contributed by atoms with Gasteiger partial charge >= 0.3 is 0 Å². The van der Waals surface area contributed by atoms with Crippen LogP contribution < -0.4 is 10.6 Å². The smallest absolute Gasteiger partial charge is 0.243 e. The number of aryl methyl sites for hydroxylation is 1. The Balaban J connectivity index is 1.66. The molecular formula is C25H36N4O3S. The summed E-state index contributed by atoms with van der Waals surface area (Å²) in [5, 5.41) is 16.6. The summed E-state index contributed by atoms with van der Waals surface area (Å²) in [5.41, 5.74) is 4.59. The van der Waals surface area contributed by atoms with Crippen LogP contribution in [0.1, 0.15) is 52.3 Å². The van der Waals surface area contributed by atoms with Gasteiger partial charge in [-0.1, -0.05) is 58.9 Å². The number of aliphatic hydroxyl groups excluding tert-OH is 1. The van der Waals surface area contributed by atoms with Crippen molar-refractivity contribution in [2.24, 2.45) is 5.41 Å². The summed E-state index contributed by atoms with van der Waals surface area (Å²) in [6.45, 7) is 12.5. The van der Waals surface area contributed by atoms with Crippen molar-refractivity contribution in [1.82, 2.24) is 20.5 Å². The lowest BCUT2D eigenvalue weighted by Crippen LogP contribution is -2.57. The highest BCUT2D eigenvalue weighted by Gasteiger charge is 2.43. The van der Waals surface area contributed by atoms with E-state index in [1.54, 1.807) is 16.2 Å². The summed E-state index contributed by atoms with van der Waals surface area (Å²) >= 11 is 1.61. The van der Waals surface area contributed by atoms with Gasteiger partial charge in [0.15, 0.2) is 0 Å². The lowest BCUT2D eigenvalue weighted by Gasteiger charge is -2.36. The van der Waals surface area contributed by atoms with Crippen molar-refractivity contribution >= 4 is 23.2 Å². The van der Waals surface area contributed by atoms with Gasteiger partial charge in [-0.3, -0.25) is 9.59 Å². The van der Waals surface area contributed by atoms with Crippen LogP contribution in [-0.2, 0) is 16.1 Å². The zero-order valence-electron chi connectivity index (χ0n) is 20.4. The van der Waals surface area contributed by atoms with Crippen LogP contribution >= 0.6 is 11.3 Å². The molecule has 2 amide bonds. The fraction of sp³-hybridized carbons (Fsp3) is 0.560. The third-order valence-electron chi connectivity index (χ3n) is 5.91. The maximum atomic E-state index is 13.4. The first-order valence-electron chi connectivity index (χ1n) is 11.5. The molecule has 0 unspecified atom stereocenters. The minimum Gasteiger partial charge on any atom is -0.391 e. The van der Waals surface area contributed by atoms with E-state index in [1.165, 1.54) is 0 Å². The van der Waals surface area contributed by atoms with Crippen LogP contribution in [0, 0.1) is 12.3 Å². The third kappa shape index (κ3) is 6.19. The molecule has 3 N–H and O–H groups in total. The first-order chi connectivity index (χ1) is 15.5. The molecule has 1 aromatic carbocycles. The molecule has 0 radical (unpaired) electrons. The molecule has 0 aliphatic carbocycles. The average molecular weight is 473 g/mol. The predicted molar refractivity (Wildman–Crippen MR) is 132 cm³/mol. The molecule has 33 heavy (non-hydrogen) atoms. The molecule has 180 valence electrons. The summed E-state index contributed by atoms with van der Waals surface area (Å²) in [5.74, 6) is -0.378. The number of nitrogens with one attached hydrogen (secondary N) is 2. The molecule has 3 atom stereocenters. The summed E-state index contributed by atoms with van der Waals surface area (Å²) in [6.07, 6.45) is -0.453. The number of hydrogen-bond donors (Lipinski definition) is 3. The zero-order chi connectivity index (χ0) is 24.3. The molecule has 1 fully saturated rings. The second-order valence-electron chi connectivity index (χ2n) is 10.2. The van der Waals surface area contributed by atoms with Crippen molar-refractivity contribution in [2.75, 3.05) is 6.54 Å². The Hall–Kier alpha value is -2.29. The highest BCUT2D eigenvalue weighted by Crippen LogP contribution is 2.28. The normalized spacial score (nSPS) is 19.7. The highest BCUT2D eigenvalue weighted by atomic mass is 32.1. The van der Waals surface area contributed by atoms with Crippen molar-refractivity contribution in [1.29, 1.82) is 0 Å². The van der Waals surface area contributed by atoms with Gasteiger partial charge in [0.1, 0.15) is 6.04 Å². The Morgan fingerprint density at radius 1 is 1.24 bits per heavy atom. The molecule has 0 bridgehead atoms. The molecule has 2 aromatic rings. The number of thiazole rings is 1. The molecule has 0 spiro atoms. The maximum Gasteiger partial charge on any atom is 0.243 e. The topological polar surface area (TPSA) is 94.6 Å². The molecule has 8 heteroatoms. The second-order valence-corrected chi connectivity index (χ2v) is 11.1. The number of nitrogens with zero attached hydrogens (tertiary/aromatic N) is 2. The third-order valence-corrected chi connectivity index (χ3v) is 6.88. The van der Waals surface area contributed by atoms with Gasteiger partial charge in [0, 0.05) is 25.6 Å². The maximum absolute atomic E-state index is 13.4. The monoisotopic (exact) mass is 472 g/mol. The predicted octanol–water partition coefficient (Wildman–Crippen LogP) is 3.11. The first kappa shape index (κ1) is 25.3. The molecular weight excluding hydrogens is 436 g/mol. The van der Waals surface area contributed by atoms with Crippen LogP contribution in [-0.4, -0.2) is 57.6 Å². The number of amides is 2. The van der Waals surface area contributed by atoms with Gasteiger partial charge < -0.3 is 20.6 Å². The number of benzene rings is 1. The van der Waals surface area contributed by atoms with E-state index < -0.39 is 18.2 Å². The SMILES string of the molecule is Cc1ncsc1-c1ccc(CNC(=O)[C@H]2C[C@H](O)CN2C(=O)[C@@H](NC(C)C)C(C)(C)C)cc1. The quantitative estimate of drug-likeness (QED) is 0.576. The van der Waals surface area contributed by atoms with Gasteiger partial charge in [-0.25, -0.2) is 4.98 Å². The average Bonchev–Trinajstić information content (AvgIpc) is 3.35. The Morgan fingerprint density at radius 3 is 2.45 bits per heavy atom. The number of carbonyl (C=O) groups is 2. The number of hydrogen-bond acceptors (Lipinski definition) is 6. The Bertz CT molecular complexity index is 965. The van der Waals surface area contributed by atoms with Crippen LogP contribution in [0.4, 0.5) is 0 Å². The molecule has 7 nitrogen and oxygen atoms in total. The summed E-state index contributed by atoms with van der Waals surface area (Å²) in [6, 6.07) is 7.04.